The van der Waals surface area contributed by atoms with Gasteiger partial charge in [0.2, 0.25) is 0 Å². The summed E-state index contributed by atoms with van der Waals surface area (Å²) >= 11 is 0. The Morgan fingerprint density at radius 1 is 0.600 bits per heavy atom. The normalized spacial score (nSPS) is 10.2. The molecule has 0 aliphatic rings. The number of aromatic carboxylic acids is 2. The minimum Gasteiger partial charge on any atom is -0.478 e. The molecule has 0 atom stereocenters. The molecule has 124 valence electrons. The summed E-state index contributed by atoms with van der Waals surface area (Å²) in [5.74, 6) is -2.46. The van der Waals surface area contributed by atoms with Crippen molar-refractivity contribution in [3.05, 3.63) is 83.9 Å². The molecule has 0 aliphatic carbocycles. The Kier molecular flexibility index (Phi) is 4.48. The first kappa shape index (κ1) is 16.3. The maximum atomic E-state index is 10.5. The third-order valence-corrected chi connectivity index (χ3v) is 3.80. The second-order valence-electron chi connectivity index (χ2n) is 5.37. The number of nitrogens with one attached hydrogen (secondary N) is 1. The van der Waals surface area contributed by atoms with E-state index in [4.69, 9.17) is 10.2 Å². The van der Waals surface area contributed by atoms with Crippen molar-refractivity contribution in [1.29, 1.82) is 0 Å². The maximum Gasteiger partial charge on any atom is 0.336 e. The third-order valence-electron chi connectivity index (χ3n) is 3.80. The molecule has 0 spiro atoms. The van der Waals surface area contributed by atoms with Gasteiger partial charge in [0.1, 0.15) is 0 Å². The summed E-state index contributed by atoms with van der Waals surface area (Å²) in [5, 5.41) is 19.7. The van der Waals surface area contributed by atoms with Crippen LogP contribution in [0.1, 0.15) is 20.7 Å². The number of carboxylic acids is 2. The summed E-state index contributed by atoms with van der Waals surface area (Å²) in [5.41, 5.74) is 2.04. The average Bonchev–Trinajstić information content (AvgIpc) is 3.01. The summed E-state index contributed by atoms with van der Waals surface area (Å²) < 4.78 is 0. The molecule has 0 saturated carbocycles. The van der Waals surface area contributed by atoms with Crippen molar-refractivity contribution < 1.29 is 19.8 Å². The van der Waals surface area contributed by atoms with Crippen LogP contribution >= 0.6 is 0 Å². The SMILES string of the molecule is O=C(O)c1ccccc1C(=O)O.c1ccc2c(c1)[nH]c1ccccc12. The molecular formula is C20H15NO4. The minimum atomic E-state index is -1.23. The first-order valence-electron chi connectivity index (χ1n) is 7.59. The molecule has 1 heterocycles. The van der Waals surface area contributed by atoms with Gasteiger partial charge in [0.25, 0.3) is 0 Å². The summed E-state index contributed by atoms with van der Waals surface area (Å²) in [6, 6.07) is 22.2. The van der Waals surface area contributed by atoms with Gasteiger partial charge in [-0.05, 0) is 24.3 Å². The van der Waals surface area contributed by atoms with Gasteiger partial charge in [-0.3, -0.25) is 0 Å². The summed E-state index contributed by atoms with van der Waals surface area (Å²) in [6.07, 6.45) is 0. The lowest BCUT2D eigenvalue weighted by atomic mass is 10.1. The van der Waals surface area contributed by atoms with Crippen LogP contribution in [0.3, 0.4) is 0 Å². The van der Waals surface area contributed by atoms with Crippen molar-refractivity contribution in [3.63, 3.8) is 0 Å². The lowest BCUT2D eigenvalue weighted by Crippen LogP contribution is -2.06. The zero-order valence-electron chi connectivity index (χ0n) is 13.1. The first-order valence-corrected chi connectivity index (χ1v) is 7.59. The van der Waals surface area contributed by atoms with Crippen LogP contribution in [0.5, 0.6) is 0 Å². The predicted octanol–water partition coefficient (Wildman–Crippen LogP) is 4.40. The van der Waals surface area contributed by atoms with Gasteiger partial charge in [0, 0.05) is 21.8 Å². The zero-order chi connectivity index (χ0) is 17.8. The van der Waals surface area contributed by atoms with E-state index in [-0.39, 0.29) is 11.1 Å². The minimum absolute atomic E-state index is 0.190. The molecule has 0 aliphatic heterocycles. The second-order valence-corrected chi connectivity index (χ2v) is 5.37. The quantitative estimate of drug-likeness (QED) is 0.507. The topological polar surface area (TPSA) is 90.4 Å². The molecule has 5 nitrogen and oxygen atoms in total. The highest BCUT2D eigenvalue weighted by atomic mass is 16.4. The zero-order valence-corrected chi connectivity index (χ0v) is 13.1. The van der Waals surface area contributed by atoms with Gasteiger partial charge in [-0.15, -0.1) is 0 Å². The highest BCUT2D eigenvalue weighted by Gasteiger charge is 2.13. The van der Waals surface area contributed by atoms with E-state index >= 15 is 0 Å². The molecule has 0 bridgehead atoms. The van der Waals surface area contributed by atoms with Gasteiger partial charge in [-0.1, -0.05) is 48.5 Å². The lowest BCUT2D eigenvalue weighted by molar-refractivity contribution is 0.0651. The van der Waals surface area contributed by atoms with E-state index in [1.54, 1.807) is 0 Å². The third kappa shape index (κ3) is 3.35. The van der Waals surface area contributed by atoms with E-state index in [1.807, 2.05) is 0 Å². The molecular weight excluding hydrogens is 318 g/mol. The number of para-hydroxylation sites is 2. The van der Waals surface area contributed by atoms with E-state index < -0.39 is 11.9 Å². The molecule has 0 radical (unpaired) electrons. The molecule has 0 saturated heterocycles. The number of aromatic amines is 1. The standard InChI is InChI=1S/C12H9N.C8H6O4/c1-3-7-11-9(5-1)10-6-2-4-8-12(10)13-11;9-7(10)5-3-1-2-4-6(5)8(11)12/h1-8,13H;1-4H,(H,9,10)(H,11,12). The number of carboxylic acid groups (broad SMARTS) is 2. The molecule has 0 amide bonds. The highest BCUT2D eigenvalue weighted by Crippen LogP contribution is 2.24. The fraction of sp³-hybridized carbons (Fsp3) is 0. The molecule has 1 aromatic heterocycles. The fourth-order valence-corrected chi connectivity index (χ4v) is 2.66. The van der Waals surface area contributed by atoms with E-state index in [0.29, 0.717) is 0 Å². The van der Waals surface area contributed by atoms with Crippen LogP contribution in [0.2, 0.25) is 0 Å². The van der Waals surface area contributed by atoms with Gasteiger partial charge in [0.15, 0.2) is 0 Å². The number of benzene rings is 3. The summed E-state index contributed by atoms with van der Waals surface area (Å²) in [7, 11) is 0. The van der Waals surface area contributed by atoms with Crippen LogP contribution in [-0.4, -0.2) is 27.1 Å². The van der Waals surface area contributed by atoms with Crippen molar-refractivity contribution in [2.45, 2.75) is 0 Å². The monoisotopic (exact) mass is 333 g/mol. The number of aromatic nitrogens is 1. The molecule has 3 aromatic carbocycles. The largest absolute Gasteiger partial charge is 0.478 e. The van der Waals surface area contributed by atoms with E-state index in [2.05, 4.69) is 53.5 Å². The van der Waals surface area contributed by atoms with Crippen LogP contribution in [0.4, 0.5) is 0 Å². The number of H-pyrrole nitrogens is 1. The number of hydrogen-bond donors (Lipinski definition) is 3. The predicted molar refractivity (Wildman–Crippen MR) is 96.2 cm³/mol. The molecule has 5 heteroatoms. The van der Waals surface area contributed by atoms with Crippen molar-refractivity contribution in [2.24, 2.45) is 0 Å². The molecule has 4 aromatic rings. The Morgan fingerprint density at radius 2 is 0.960 bits per heavy atom. The number of hydrogen-bond acceptors (Lipinski definition) is 2. The van der Waals surface area contributed by atoms with Gasteiger partial charge in [-0.2, -0.15) is 0 Å². The summed E-state index contributed by atoms with van der Waals surface area (Å²) in [6.45, 7) is 0. The van der Waals surface area contributed by atoms with Crippen LogP contribution < -0.4 is 0 Å². The van der Waals surface area contributed by atoms with E-state index in [1.165, 1.54) is 46.1 Å². The summed E-state index contributed by atoms with van der Waals surface area (Å²) in [4.78, 5) is 24.3. The average molecular weight is 333 g/mol. The van der Waals surface area contributed by atoms with Crippen molar-refractivity contribution in [2.75, 3.05) is 0 Å². The van der Waals surface area contributed by atoms with Crippen LogP contribution in [0, 0.1) is 0 Å². The van der Waals surface area contributed by atoms with Crippen molar-refractivity contribution in [1.82, 2.24) is 4.98 Å². The fourth-order valence-electron chi connectivity index (χ4n) is 2.66. The molecule has 25 heavy (non-hydrogen) atoms. The Morgan fingerprint density at radius 3 is 1.36 bits per heavy atom. The van der Waals surface area contributed by atoms with Crippen molar-refractivity contribution >= 4 is 33.7 Å². The van der Waals surface area contributed by atoms with Crippen molar-refractivity contribution in [3.8, 4) is 0 Å². The van der Waals surface area contributed by atoms with E-state index in [9.17, 15) is 9.59 Å². The van der Waals surface area contributed by atoms with Crippen LogP contribution in [0.25, 0.3) is 21.8 Å². The van der Waals surface area contributed by atoms with E-state index in [0.717, 1.165) is 0 Å². The Hall–Kier alpha value is -3.60. The second kappa shape index (κ2) is 6.88. The molecule has 0 unspecified atom stereocenters. The van der Waals surface area contributed by atoms with Gasteiger partial charge in [0.05, 0.1) is 11.1 Å². The van der Waals surface area contributed by atoms with Crippen LogP contribution in [-0.2, 0) is 0 Å². The molecule has 0 fully saturated rings. The van der Waals surface area contributed by atoms with Gasteiger partial charge >= 0.3 is 11.9 Å². The molecule has 3 N–H and O–H groups in total. The Labute approximate surface area is 143 Å². The number of fused-ring (bicyclic) bond motifs is 3. The smallest absolute Gasteiger partial charge is 0.336 e. The number of rotatable bonds is 2. The van der Waals surface area contributed by atoms with Crippen LogP contribution in [0.15, 0.2) is 72.8 Å². The van der Waals surface area contributed by atoms with Gasteiger partial charge < -0.3 is 15.2 Å². The first-order chi connectivity index (χ1) is 12.1. The lowest BCUT2D eigenvalue weighted by Gasteiger charge is -1.98. The highest BCUT2D eigenvalue weighted by molar-refractivity contribution is 6.07. The maximum absolute atomic E-state index is 10.5. The number of carbonyl (C=O) groups is 2. The van der Waals surface area contributed by atoms with Gasteiger partial charge in [-0.25, -0.2) is 9.59 Å². The molecule has 4 rings (SSSR count). The Bertz CT molecular complexity index is 982. The Balaban J connectivity index is 0.000000147.